The minimum Gasteiger partial charge on any atom is -0.495 e. The predicted octanol–water partition coefficient (Wildman–Crippen LogP) is 3.36. The van der Waals surface area contributed by atoms with Gasteiger partial charge in [0.1, 0.15) is 5.75 Å². The number of aryl methyl sites for hydroxylation is 1. The highest BCUT2D eigenvalue weighted by molar-refractivity contribution is 6.30. The summed E-state index contributed by atoms with van der Waals surface area (Å²) >= 11 is 6.06. The molecular formula is C21H18ClN3O3. The quantitative estimate of drug-likeness (QED) is 0.534. The zero-order valence-corrected chi connectivity index (χ0v) is 16.4. The molecule has 2 aromatic carbocycles. The van der Waals surface area contributed by atoms with E-state index in [-0.39, 0.29) is 11.2 Å². The van der Waals surface area contributed by atoms with Crippen molar-refractivity contribution in [1.29, 1.82) is 0 Å². The molecule has 0 aliphatic rings. The average Bonchev–Trinajstić information content (AvgIpc) is 3.11. The Balaban J connectivity index is 2.22. The molecule has 0 spiro atoms. The van der Waals surface area contributed by atoms with E-state index < -0.39 is 0 Å². The standard InChI is InChI=1S/C21H18ClN3O3/c1-23-16-12-25(15-6-4-5-7-17(15)28-3)19(13-8-10-14(22)11-9-13)18(16)20(26)24(2)21(23)27/h4-12H,1-3H3. The summed E-state index contributed by atoms with van der Waals surface area (Å²) in [6, 6.07) is 14.8. The summed E-state index contributed by atoms with van der Waals surface area (Å²) in [6.45, 7) is 0. The van der Waals surface area contributed by atoms with E-state index in [4.69, 9.17) is 16.3 Å². The van der Waals surface area contributed by atoms with Crippen LogP contribution in [0.1, 0.15) is 0 Å². The molecule has 0 bridgehead atoms. The lowest BCUT2D eigenvalue weighted by molar-refractivity contribution is 0.413. The Bertz CT molecular complexity index is 1310. The van der Waals surface area contributed by atoms with Gasteiger partial charge in [0.05, 0.1) is 29.4 Å². The minimum absolute atomic E-state index is 0.350. The van der Waals surface area contributed by atoms with E-state index in [0.29, 0.717) is 27.4 Å². The van der Waals surface area contributed by atoms with Gasteiger partial charge in [0.15, 0.2) is 0 Å². The van der Waals surface area contributed by atoms with Crippen molar-refractivity contribution in [2.24, 2.45) is 14.1 Å². The molecule has 142 valence electrons. The molecule has 0 atom stereocenters. The molecule has 0 saturated carbocycles. The second-order valence-corrected chi connectivity index (χ2v) is 6.93. The highest BCUT2D eigenvalue weighted by Crippen LogP contribution is 2.34. The van der Waals surface area contributed by atoms with Crippen molar-refractivity contribution in [3.63, 3.8) is 0 Å². The Hall–Kier alpha value is -3.25. The molecule has 0 amide bonds. The number of ether oxygens (including phenoxy) is 1. The van der Waals surface area contributed by atoms with Gasteiger partial charge in [-0.3, -0.25) is 13.9 Å². The summed E-state index contributed by atoms with van der Waals surface area (Å²) in [5.74, 6) is 0.653. The van der Waals surface area contributed by atoms with Crippen molar-refractivity contribution >= 4 is 22.5 Å². The van der Waals surface area contributed by atoms with Crippen molar-refractivity contribution in [3.8, 4) is 22.7 Å². The molecule has 2 heterocycles. The van der Waals surface area contributed by atoms with E-state index in [2.05, 4.69) is 0 Å². The van der Waals surface area contributed by atoms with Crippen molar-refractivity contribution in [2.45, 2.75) is 0 Å². The zero-order chi connectivity index (χ0) is 20.0. The maximum Gasteiger partial charge on any atom is 0.330 e. The van der Waals surface area contributed by atoms with Gasteiger partial charge in [0.2, 0.25) is 0 Å². The van der Waals surface area contributed by atoms with E-state index >= 15 is 0 Å². The minimum atomic E-state index is -0.377. The zero-order valence-electron chi connectivity index (χ0n) is 15.6. The van der Waals surface area contributed by atoms with Crippen LogP contribution in [-0.2, 0) is 14.1 Å². The van der Waals surface area contributed by atoms with Gasteiger partial charge in [-0.15, -0.1) is 0 Å². The molecule has 4 aromatic rings. The third kappa shape index (κ3) is 2.65. The van der Waals surface area contributed by atoms with Crippen LogP contribution in [-0.4, -0.2) is 20.8 Å². The molecule has 0 unspecified atom stereocenters. The highest BCUT2D eigenvalue weighted by Gasteiger charge is 2.21. The maximum atomic E-state index is 13.0. The summed E-state index contributed by atoms with van der Waals surface area (Å²) in [7, 11) is 4.73. The van der Waals surface area contributed by atoms with Crippen LogP contribution < -0.4 is 16.0 Å². The van der Waals surface area contributed by atoms with Crippen molar-refractivity contribution in [2.75, 3.05) is 7.11 Å². The van der Waals surface area contributed by atoms with E-state index in [0.717, 1.165) is 15.8 Å². The molecule has 28 heavy (non-hydrogen) atoms. The van der Waals surface area contributed by atoms with Crippen LogP contribution in [0.5, 0.6) is 5.75 Å². The van der Waals surface area contributed by atoms with Gasteiger partial charge in [0, 0.05) is 25.3 Å². The monoisotopic (exact) mass is 395 g/mol. The molecule has 7 heteroatoms. The Labute approximate surface area is 165 Å². The van der Waals surface area contributed by atoms with Crippen LogP contribution in [0.4, 0.5) is 0 Å². The first kappa shape index (κ1) is 18.1. The van der Waals surface area contributed by atoms with Crippen molar-refractivity contribution in [1.82, 2.24) is 13.7 Å². The lowest BCUT2D eigenvalue weighted by Gasteiger charge is -2.13. The van der Waals surface area contributed by atoms with Gasteiger partial charge in [0.25, 0.3) is 5.56 Å². The molecular weight excluding hydrogens is 378 g/mol. The SMILES string of the molecule is COc1ccccc1-n1cc2c(c1-c1ccc(Cl)cc1)c(=O)n(C)c(=O)n2C. The number of benzene rings is 2. The molecule has 0 saturated heterocycles. The molecule has 6 nitrogen and oxygen atoms in total. The van der Waals surface area contributed by atoms with Crippen LogP contribution in [0.25, 0.3) is 27.8 Å². The van der Waals surface area contributed by atoms with Crippen molar-refractivity contribution < 1.29 is 4.74 Å². The summed E-state index contributed by atoms with van der Waals surface area (Å²) in [4.78, 5) is 25.5. The fourth-order valence-electron chi connectivity index (χ4n) is 3.45. The number of methoxy groups -OCH3 is 1. The molecule has 0 N–H and O–H groups in total. The number of halogens is 1. The summed E-state index contributed by atoms with van der Waals surface area (Å²) in [5.41, 5.74) is 2.06. The fourth-order valence-corrected chi connectivity index (χ4v) is 3.58. The van der Waals surface area contributed by atoms with E-state index in [1.165, 1.54) is 11.6 Å². The largest absolute Gasteiger partial charge is 0.495 e. The third-order valence-electron chi connectivity index (χ3n) is 4.90. The average molecular weight is 396 g/mol. The van der Waals surface area contributed by atoms with Gasteiger partial charge < -0.3 is 9.30 Å². The van der Waals surface area contributed by atoms with E-state index in [9.17, 15) is 9.59 Å². The van der Waals surface area contributed by atoms with Gasteiger partial charge in [-0.1, -0.05) is 35.9 Å². The number of aromatic nitrogens is 3. The molecule has 0 aliphatic carbocycles. The number of rotatable bonds is 3. The van der Waals surface area contributed by atoms with Gasteiger partial charge in [-0.05, 0) is 29.8 Å². The highest BCUT2D eigenvalue weighted by atomic mass is 35.5. The van der Waals surface area contributed by atoms with Crippen LogP contribution in [0, 0.1) is 0 Å². The molecule has 4 rings (SSSR count). The first-order valence-corrected chi connectivity index (χ1v) is 9.02. The predicted molar refractivity (Wildman–Crippen MR) is 111 cm³/mol. The summed E-state index contributed by atoms with van der Waals surface area (Å²) in [6.07, 6.45) is 1.79. The number of fused-ring (bicyclic) bond motifs is 1. The van der Waals surface area contributed by atoms with E-state index in [1.807, 2.05) is 41.0 Å². The second kappa shape index (κ2) is 6.73. The number of hydrogen-bond acceptors (Lipinski definition) is 3. The Morgan fingerprint density at radius 3 is 2.29 bits per heavy atom. The molecule has 0 aliphatic heterocycles. The van der Waals surface area contributed by atoms with Crippen LogP contribution >= 0.6 is 11.6 Å². The lowest BCUT2D eigenvalue weighted by atomic mass is 10.1. The van der Waals surface area contributed by atoms with E-state index in [1.54, 1.807) is 32.5 Å². The number of nitrogens with zero attached hydrogens (tertiary/aromatic N) is 3. The normalized spacial score (nSPS) is 11.1. The Morgan fingerprint density at radius 1 is 0.929 bits per heavy atom. The number of hydrogen-bond donors (Lipinski definition) is 0. The lowest BCUT2D eigenvalue weighted by Crippen LogP contribution is -2.36. The van der Waals surface area contributed by atoms with Crippen LogP contribution in [0.15, 0.2) is 64.3 Å². The summed E-state index contributed by atoms with van der Waals surface area (Å²) in [5, 5.41) is 1.06. The fraction of sp³-hybridized carbons (Fsp3) is 0.143. The maximum absolute atomic E-state index is 13.0. The Kier molecular flexibility index (Phi) is 4.35. The smallest absolute Gasteiger partial charge is 0.330 e. The topological polar surface area (TPSA) is 58.2 Å². The van der Waals surface area contributed by atoms with Gasteiger partial charge >= 0.3 is 5.69 Å². The third-order valence-corrected chi connectivity index (χ3v) is 5.15. The molecule has 0 radical (unpaired) electrons. The summed E-state index contributed by atoms with van der Waals surface area (Å²) < 4.78 is 10.00. The number of para-hydroxylation sites is 2. The first-order chi connectivity index (χ1) is 13.4. The first-order valence-electron chi connectivity index (χ1n) is 8.64. The van der Waals surface area contributed by atoms with Gasteiger partial charge in [-0.25, -0.2) is 4.79 Å². The van der Waals surface area contributed by atoms with Crippen LogP contribution in [0.3, 0.4) is 0 Å². The van der Waals surface area contributed by atoms with Crippen molar-refractivity contribution in [3.05, 3.63) is 80.6 Å². The molecule has 2 aromatic heterocycles. The van der Waals surface area contributed by atoms with Gasteiger partial charge in [-0.2, -0.15) is 0 Å². The molecule has 0 fully saturated rings. The second-order valence-electron chi connectivity index (χ2n) is 6.49. The van der Waals surface area contributed by atoms with Crippen LogP contribution in [0.2, 0.25) is 5.02 Å². The Morgan fingerprint density at radius 2 is 1.61 bits per heavy atom.